The van der Waals surface area contributed by atoms with Crippen LogP contribution in [-0.2, 0) is 11.0 Å². The first kappa shape index (κ1) is 20.1. The highest BCUT2D eigenvalue weighted by Gasteiger charge is 2.33. The van der Waals surface area contributed by atoms with Gasteiger partial charge in [0.05, 0.1) is 15.5 Å². The van der Waals surface area contributed by atoms with Crippen molar-refractivity contribution in [2.45, 2.75) is 6.18 Å². The highest BCUT2D eigenvalue weighted by atomic mass is 35.5. The molecule has 1 saturated heterocycles. The Morgan fingerprint density at radius 3 is 2.31 bits per heavy atom. The van der Waals surface area contributed by atoms with Gasteiger partial charge in [-0.3, -0.25) is 20.2 Å². The lowest BCUT2D eigenvalue weighted by Crippen LogP contribution is -2.22. The van der Waals surface area contributed by atoms with Gasteiger partial charge in [0.2, 0.25) is 5.75 Å². The first-order valence-corrected chi connectivity index (χ1v) is 8.09. The number of hydrogen-bond acceptors (Lipinski definition) is 5. The summed E-state index contributed by atoms with van der Waals surface area (Å²) in [5, 5.41) is 15.4. The van der Waals surface area contributed by atoms with Crippen LogP contribution >= 0.6 is 11.6 Å². The third kappa shape index (κ3) is 4.46. The zero-order chi connectivity index (χ0) is 21.3. The zero-order valence-electron chi connectivity index (χ0n) is 14.0. The van der Waals surface area contributed by atoms with Gasteiger partial charge in [-0.25, -0.2) is 4.79 Å². The summed E-state index contributed by atoms with van der Waals surface area (Å²) in [6, 6.07) is 5.25. The standard InChI is InChI=1S/C17H9ClF3N3O5/c18-10-5-8(6-11-15(25)23-16(26)22-11)1-3-13(10)29-14-4-2-9(17(19,20)21)7-12(14)24(27)28/h1-7H,(H2,22,23,25,26)/b11-6+. The molecule has 3 amide bonds. The Morgan fingerprint density at radius 1 is 1.07 bits per heavy atom. The Labute approximate surface area is 165 Å². The summed E-state index contributed by atoms with van der Waals surface area (Å²) in [4.78, 5) is 32.7. The molecular formula is C17H9ClF3N3O5. The SMILES string of the molecule is O=C1NC(=O)/C(=C\c2ccc(Oc3ccc(C(F)(F)F)cc3[N+](=O)[O-])c(Cl)c2)N1. The van der Waals surface area contributed by atoms with E-state index < -0.39 is 40.0 Å². The third-order valence-corrected chi connectivity index (χ3v) is 3.99. The first-order chi connectivity index (χ1) is 13.5. The lowest BCUT2D eigenvalue weighted by Gasteiger charge is -2.11. The highest BCUT2D eigenvalue weighted by Crippen LogP contribution is 2.39. The van der Waals surface area contributed by atoms with Crippen molar-refractivity contribution >= 4 is 35.3 Å². The van der Waals surface area contributed by atoms with Crippen molar-refractivity contribution in [3.63, 3.8) is 0 Å². The van der Waals surface area contributed by atoms with Crippen LogP contribution in [0.5, 0.6) is 11.5 Å². The summed E-state index contributed by atoms with van der Waals surface area (Å²) in [6.07, 6.45) is -3.42. The molecule has 0 spiro atoms. The summed E-state index contributed by atoms with van der Waals surface area (Å²) >= 11 is 6.07. The van der Waals surface area contributed by atoms with E-state index in [0.29, 0.717) is 17.7 Å². The number of nitro benzene ring substituents is 1. The van der Waals surface area contributed by atoms with Crippen LogP contribution in [0.25, 0.3) is 6.08 Å². The van der Waals surface area contributed by atoms with Crippen LogP contribution in [0.2, 0.25) is 5.02 Å². The molecule has 1 fully saturated rings. The number of rotatable bonds is 4. The Hall–Kier alpha value is -3.60. The maximum atomic E-state index is 12.8. The quantitative estimate of drug-likeness (QED) is 0.328. The second-order valence-electron chi connectivity index (χ2n) is 5.70. The molecule has 2 N–H and O–H groups in total. The molecule has 12 heteroatoms. The highest BCUT2D eigenvalue weighted by molar-refractivity contribution is 6.32. The maximum Gasteiger partial charge on any atom is 0.416 e. The molecule has 3 rings (SSSR count). The topological polar surface area (TPSA) is 111 Å². The molecule has 0 radical (unpaired) electrons. The number of alkyl halides is 3. The summed E-state index contributed by atoms with van der Waals surface area (Å²) in [5.74, 6) is -1.12. The largest absolute Gasteiger partial charge is 0.449 e. The van der Waals surface area contributed by atoms with E-state index in [2.05, 4.69) is 5.32 Å². The maximum absolute atomic E-state index is 12.8. The Balaban J connectivity index is 1.89. The Bertz CT molecular complexity index is 1070. The molecular weight excluding hydrogens is 419 g/mol. The molecule has 8 nitrogen and oxygen atoms in total. The van der Waals surface area contributed by atoms with Crippen LogP contribution < -0.4 is 15.4 Å². The average molecular weight is 428 g/mol. The van der Waals surface area contributed by atoms with Crippen LogP contribution in [0.4, 0.5) is 23.7 Å². The number of hydrogen-bond donors (Lipinski definition) is 2. The number of imide groups is 1. The number of urea groups is 1. The summed E-state index contributed by atoms with van der Waals surface area (Å²) in [6.45, 7) is 0. The molecule has 2 aromatic rings. The van der Waals surface area contributed by atoms with Gasteiger partial charge in [-0.1, -0.05) is 17.7 Å². The van der Waals surface area contributed by atoms with Crippen molar-refractivity contribution in [2.24, 2.45) is 0 Å². The predicted molar refractivity (Wildman–Crippen MR) is 94.3 cm³/mol. The van der Waals surface area contributed by atoms with Crippen LogP contribution in [-0.4, -0.2) is 16.9 Å². The lowest BCUT2D eigenvalue weighted by atomic mass is 10.1. The molecule has 0 unspecified atom stereocenters. The van der Waals surface area contributed by atoms with Gasteiger partial charge in [-0.05, 0) is 35.9 Å². The summed E-state index contributed by atoms with van der Waals surface area (Å²) < 4.78 is 43.6. The van der Waals surface area contributed by atoms with E-state index in [9.17, 15) is 32.9 Å². The van der Waals surface area contributed by atoms with Crippen molar-refractivity contribution in [1.29, 1.82) is 0 Å². The van der Waals surface area contributed by atoms with Gasteiger partial charge in [0.25, 0.3) is 5.91 Å². The van der Waals surface area contributed by atoms with Crippen LogP contribution in [0, 0.1) is 10.1 Å². The molecule has 0 bridgehead atoms. The number of amides is 3. The van der Waals surface area contributed by atoms with Crippen LogP contribution in [0.15, 0.2) is 42.1 Å². The van der Waals surface area contributed by atoms with E-state index in [1.165, 1.54) is 24.3 Å². The Morgan fingerprint density at radius 2 is 1.76 bits per heavy atom. The van der Waals surface area contributed by atoms with Gasteiger partial charge in [-0.15, -0.1) is 0 Å². The molecule has 150 valence electrons. The minimum Gasteiger partial charge on any atom is -0.449 e. The van der Waals surface area contributed by atoms with Crippen LogP contribution in [0.1, 0.15) is 11.1 Å². The zero-order valence-corrected chi connectivity index (χ0v) is 14.8. The van der Waals surface area contributed by atoms with Gasteiger partial charge in [0.1, 0.15) is 11.4 Å². The van der Waals surface area contributed by atoms with E-state index in [1.54, 1.807) is 0 Å². The smallest absolute Gasteiger partial charge is 0.416 e. The molecule has 1 aliphatic heterocycles. The summed E-state index contributed by atoms with van der Waals surface area (Å²) in [7, 11) is 0. The number of nitrogens with one attached hydrogen (secondary N) is 2. The average Bonchev–Trinajstić information content (AvgIpc) is 2.93. The van der Waals surface area contributed by atoms with Crippen molar-refractivity contribution in [2.75, 3.05) is 0 Å². The monoisotopic (exact) mass is 427 g/mol. The van der Waals surface area contributed by atoms with E-state index in [1.807, 2.05) is 5.32 Å². The lowest BCUT2D eigenvalue weighted by molar-refractivity contribution is -0.385. The summed E-state index contributed by atoms with van der Waals surface area (Å²) in [5.41, 5.74) is -1.69. The van der Waals surface area contributed by atoms with E-state index in [0.717, 1.165) is 6.07 Å². The second-order valence-corrected chi connectivity index (χ2v) is 6.10. The first-order valence-electron chi connectivity index (χ1n) is 7.71. The van der Waals surface area contributed by atoms with Gasteiger partial charge in [0.15, 0.2) is 0 Å². The van der Waals surface area contributed by atoms with Gasteiger partial charge < -0.3 is 10.1 Å². The van der Waals surface area contributed by atoms with Gasteiger partial charge in [-0.2, -0.15) is 13.2 Å². The second kappa shape index (κ2) is 7.43. The molecule has 0 aromatic heterocycles. The molecule has 1 heterocycles. The number of carbonyl (C=O) groups is 2. The number of ether oxygens (including phenoxy) is 1. The molecule has 0 aliphatic carbocycles. The predicted octanol–water partition coefficient (Wildman–Crippen LogP) is 4.24. The fourth-order valence-corrected chi connectivity index (χ4v) is 2.61. The number of carbonyl (C=O) groups excluding carboxylic acids is 2. The number of benzene rings is 2. The number of halogens is 4. The van der Waals surface area contributed by atoms with Crippen LogP contribution in [0.3, 0.4) is 0 Å². The minimum absolute atomic E-state index is 0.0156. The Kier molecular flexibility index (Phi) is 5.16. The van der Waals surface area contributed by atoms with E-state index in [4.69, 9.17) is 16.3 Å². The molecule has 1 aliphatic rings. The van der Waals surface area contributed by atoms with Crippen molar-refractivity contribution in [3.8, 4) is 11.5 Å². The van der Waals surface area contributed by atoms with Gasteiger partial charge >= 0.3 is 17.9 Å². The number of nitrogens with zero attached hydrogens (tertiary/aromatic N) is 1. The molecule has 0 atom stereocenters. The fourth-order valence-electron chi connectivity index (χ4n) is 2.38. The third-order valence-electron chi connectivity index (χ3n) is 3.69. The van der Waals surface area contributed by atoms with Gasteiger partial charge in [0, 0.05) is 6.07 Å². The fraction of sp³-hybridized carbons (Fsp3) is 0.0588. The van der Waals surface area contributed by atoms with E-state index in [-0.39, 0.29) is 16.5 Å². The van der Waals surface area contributed by atoms with Crippen molar-refractivity contribution in [1.82, 2.24) is 10.6 Å². The molecule has 2 aromatic carbocycles. The van der Waals surface area contributed by atoms with E-state index >= 15 is 0 Å². The molecule has 0 saturated carbocycles. The van der Waals surface area contributed by atoms with Crippen molar-refractivity contribution < 1.29 is 32.4 Å². The normalized spacial score (nSPS) is 15.2. The molecule has 29 heavy (non-hydrogen) atoms. The minimum atomic E-state index is -4.75. The van der Waals surface area contributed by atoms with Crippen molar-refractivity contribution in [3.05, 3.63) is 68.4 Å². The number of nitro groups is 1.